The minimum absolute atomic E-state index is 0.0711. The largest absolute Gasteiger partial charge is 0.497 e. The molecule has 0 spiro atoms. The zero-order valence-corrected chi connectivity index (χ0v) is 16.2. The van der Waals surface area contributed by atoms with Gasteiger partial charge in [-0.25, -0.2) is 0 Å². The topological polar surface area (TPSA) is 91.6 Å². The lowest BCUT2D eigenvalue weighted by Crippen LogP contribution is -2.42. The zero-order valence-electron chi connectivity index (χ0n) is 16.2. The van der Waals surface area contributed by atoms with Gasteiger partial charge >= 0.3 is 0 Å². The first-order valence-corrected chi connectivity index (χ1v) is 9.19. The molecule has 1 fully saturated rings. The number of ether oxygens (including phenoxy) is 3. The minimum Gasteiger partial charge on any atom is -0.497 e. The third kappa shape index (κ3) is 4.35. The second kappa shape index (κ2) is 8.27. The quantitative estimate of drug-likeness (QED) is 0.654. The van der Waals surface area contributed by atoms with Gasteiger partial charge in [0.2, 0.25) is 5.82 Å². The van der Waals surface area contributed by atoms with Crippen molar-refractivity contribution in [3.05, 3.63) is 59.9 Å². The smallest absolute Gasteiger partial charge is 0.254 e. The van der Waals surface area contributed by atoms with Gasteiger partial charge in [0.25, 0.3) is 5.91 Å². The van der Waals surface area contributed by atoms with Crippen molar-refractivity contribution in [1.29, 1.82) is 0 Å². The van der Waals surface area contributed by atoms with E-state index in [-0.39, 0.29) is 12.0 Å². The van der Waals surface area contributed by atoms with Crippen molar-refractivity contribution >= 4 is 5.91 Å². The third-order valence-corrected chi connectivity index (χ3v) is 4.56. The van der Waals surface area contributed by atoms with E-state index in [9.17, 15) is 4.79 Å². The Balaban J connectivity index is 1.40. The number of methoxy groups -OCH3 is 1. The molecule has 1 saturated heterocycles. The van der Waals surface area contributed by atoms with Crippen LogP contribution >= 0.6 is 0 Å². The number of carbonyl (C=O) groups is 1. The minimum atomic E-state index is -0.376. The van der Waals surface area contributed by atoms with Crippen LogP contribution in [0.1, 0.15) is 22.3 Å². The number of nitrogens with zero attached hydrogens (tertiary/aromatic N) is 5. The highest BCUT2D eigenvalue weighted by Gasteiger charge is 2.28. The lowest BCUT2D eigenvalue weighted by Gasteiger charge is -2.31. The number of carbonyl (C=O) groups excluding carboxylic acids is 1. The standard InChI is InChI=1S/C20H21N5O4/c1-24-22-19(21-23-24)18-13-25(11-12-28-18)20(26)14-3-5-16(6-4-14)29-17-9-7-15(27-2)8-10-17/h3-10,18H,11-13H2,1-2H3. The van der Waals surface area contributed by atoms with Crippen LogP contribution in [0.4, 0.5) is 0 Å². The Hall–Kier alpha value is -3.46. The molecule has 2 aromatic carbocycles. The Morgan fingerprint density at radius 2 is 1.72 bits per heavy atom. The molecule has 3 aromatic rings. The Morgan fingerprint density at radius 1 is 1.07 bits per heavy atom. The maximum atomic E-state index is 12.9. The molecule has 9 nitrogen and oxygen atoms in total. The molecular weight excluding hydrogens is 374 g/mol. The van der Waals surface area contributed by atoms with E-state index < -0.39 is 0 Å². The molecule has 2 heterocycles. The fourth-order valence-corrected chi connectivity index (χ4v) is 3.05. The van der Waals surface area contributed by atoms with E-state index in [4.69, 9.17) is 14.2 Å². The molecule has 1 aromatic heterocycles. The summed E-state index contributed by atoms with van der Waals surface area (Å²) >= 11 is 0. The van der Waals surface area contributed by atoms with Crippen LogP contribution in [0, 0.1) is 0 Å². The lowest BCUT2D eigenvalue weighted by molar-refractivity contribution is -0.0269. The van der Waals surface area contributed by atoms with Crippen LogP contribution in [0.25, 0.3) is 0 Å². The number of morpholine rings is 1. The van der Waals surface area contributed by atoms with Gasteiger partial charge in [0, 0.05) is 12.1 Å². The van der Waals surface area contributed by atoms with Gasteiger partial charge in [0.15, 0.2) is 0 Å². The SMILES string of the molecule is COc1ccc(Oc2ccc(C(=O)N3CCOC(c4nnn(C)n4)C3)cc2)cc1. The summed E-state index contributed by atoms with van der Waals surface area (Å²) in [5, 5.41) is 12.0. The average molecular weight is 395 g/mol. The van der Waals surface area contributed by atoms with E-state index in [1.807, 2.05) is 24.3 Å². The molecule has 0 saturated carbocycles. The number of rotatable bonds is 5. The van der Waals surface area contributed by atoms with E-state index in [0.29, 0.717) is 42.6 Å². The van der Waals surface area contributed by atoms with Gasteiger partial charge < -0.3 is 19.1 Å². The molecule has 29 heavy (non-hydrogen) atoms. The highest BCUT2D eigenvalue weighted by Crippen LogP contribution is 2.25. The van der Waals surface area contributed by atoms with Crippen molar-refractivity contribution in [3.8, 4) is 17.2 Å². The molecule has 1 unspecified atom stereocenters. The molecule has 1 atom stereocenters. The van der Waals surface area contributed by atoms with Gasteiger partial charge in [0.1, 0.15) is 23.4 Å². The van der Waals surface area contributed by atoms with Crippen molar-refractivity contribution in [2.24, 2.45) is 7.05 Å². The van der Waals surface area contributed by atoms with Crippen LogP contribution in [-0.4, -0.2) is 57.8 Å². The first-order chi connectivity index (χ1) is 14.1. The number of aryl methyl sites for hydroxylation is 1. The predicted molar refractivity (Wildman–Crippen MR) is 103 cm³/mol. The van der Waals surface area contributed by atoms with E-state index in [2.05, 4.69) is 15.4 Å². The molecule has 1 amide bonds. The van der Waals surface area contributed by atoms with E-state index in [1.54, 1.807) is 43.3 Å². The second-order valence-corrected chi connectivity index (χ2v) is 6.55. The molecule has 1 aliphatic rings. The summed E-state index contributed by atoms with van der Waals surface area (Å²) in [6, 6.07) is 14.4. The van der Waals surface area contributed by atoms with Crippen LogP contribution in [0.3, 0.4) is 0 Å². The third-order valence-electron chi connectivity index (χ3n) is 4.56. The van der Waals surface area contributed by atoms with E-state index >= 15 is 0 Å². The highest BCUT2D eigenvalue weighted by atomic mass is 16.5. The number of benzene rings is 2. The number of tetrazole rings is 1. The predicted octanol–water partition coefficient (Wildman–Crippen LogP) is 2.22. The molecule has 150 valence electrons. The van der Waals surface area contributed by atoms with Crippen molar-refractivity contribution in [3.63, 3.8) is 0 Å². The summed E-state index contributed by atoms with van der Waals surface area (Å²) in [5.74, 6) is 2.51. The van der Waals surface area contributed by atoms with E-state index in [1.165, 1.54) is 4.80 Å². The van der Waals surface area contributed by atoms with Gasteiger partial charge in [-0.05, 0) is 53.7 Å². The molecule has 0 bridgehead atoms. The molecular formula is C20H21N5O4. The molecule has 4 rings (SSSR count). The van der Waals surface area contributed by atoms with Gasteiger partial charge in [-0.3, -0.25) is 4.79 Å². The maximum absolute atomic E-state index is 12.9. The molecule has 1 aliphatic heterocycles. The molecule has 0 radical (unpaired) electrons. The Bertz CT molecular complexity index is 971. The van der Waals surface area contributed by atoms with Crippen LogP contribution in [-0.2, 0) is 11.8 Å². The summed E-state index contributed by atoms with van der Waals surface area (Å²) in [6.07, 6.45) is -0.376. The van der Waals surface area contributed by atoms with Crippen molar-refractivity contribution in [1.82, 2.24) is 25.1 Å². The van der Waals surface area contributed by atoms with Gasteiger partial charge in [-0.15, -0.1) is 10.2 Å². The zero-order chi connectivity index (χ0) is 20.2. The number of amides is 1. The number of hydrogen-bond acceptors (Lipinski definition) is 7. The summed E-state index contributed by atoms with van der Waals surface area (Å²) in [7, 11) is 3.31. The maximum Gasteiger partial charge on any atom is 0.254 e. The Morgan fingerprint density at radius 3 is 2.34 bits per heavy atom. The van der Waals surface area contributed by atoms with Crippen molar-refractivity contribution in [2.45, 2.75) is 6.10 Å². The van der Waals surface area contributed by atoms with Gasteiger partial charge in [-0.1, -0.05) is 0 Å². The fraction of sp³-hybridized carbons (Fsp3) is 0.300. The first kappa shape index (κ1) is 18.9. The summed E-state index contributed by atoms with van der Waals surface area (Å²) in [6.45, 7) is 1.32. The Labute approximate surface area is 167 Å². The molecule has 0 N–H and O–H groups in total. The van der Waals surface area contributed by atoms with Crippen molar-refractivity contribution < 1.29 is 19.0 Å². The summed E-state index contributed by atoms with van der Waals surface area (Å²) in [5.41, 5.74) is 0.583. The van der Waals surface area contributed by atoms with Crippen LogP contribution in [0.15, 0.2) is 48.5 Å². The van der Waals surface area contributed by atoms with Crippen LogP contribution in [0.5, 0.6) is 17.2 Å². The fourth-order valence-electron chi connectivity index (χ4n) is 3.05. The molecule has 9 heteroatoms. The average Bonchev–Trinajstić information content (AvgIpc) is 3.21. The number of aromatic nitrogens is 4. The van der Waals surface area contributed by atoms with Crippen LogP contribution in [0.2, 0.25) is 0 Å². The van der Waals surface area contributed by atoms with Crippen LogP contribution < -0.4 is 9.47 Å². The van der Waals surface area contributed by atoms with Crippen molar-refractivity contribution in [2.75, 3.05) is 26.8 Å². The summed E-state index contributed by atoms with van der Waals surface area (Å²) < 4.78 is 16.6. The molecule has 0 aliphatic carbocycles. The summed E-state index contributed by atoms with van der Waals surface area (Å²) in [4.78, 5) is 16.0. The monoisotopic (exact) mass is 395 g/mol. The highest BCUT2D eigenvalue weighted by molar-refractivity contribution is 5.94. The van der Waals surface area contributed by atoms with Gasteiger partial charge in [0.05, 0.1) is 27.3 Å². The lowest BCUT2D eigenvalue weighted by atomic mass is 10.1. The van der Waals surface area contributed by atoms with Gasteiger partial charge in [-0.2, -0.15) is 4.80 Å². The second-order valence-electron chi connectivity index (χ2n) is 6.55. The normalized spacial score (nSPS) is 16.5. The number of hydrogen-bond donors (Lipinski definition) is 0. The first-order valence-electron chi connectivity index (χ1n) is 9.19. The Kier molecular flexibility index (Phi) is 5.39. The van der Waals surface area contributed by atoms with E-state index in [0.717, 1.165) is 5.75 Å².